The smallest absolute Gasteiger partial charge is 0.0226 e. The molecule has 0 atom stereocenters. The van der Waals surface area contributed by atoms with E-state index in [2.05, 4.69) is 90.5 Å². The number of hydrogen-bond donors (Lipinski definition) is 0. The Morgan fingerprint density at radius 2 is 0.850 bits per heavy atom. The van der Waals surface area contributed by atoms with E-state index in [1.165, 1.54) is 14.8 Å². The molecule has 20 heavy (non-hydrogen) atoms. The minimum Gasteiger partial charge on any atom is -0.0622 e. The van der Waals surface area contributed by atoms with Crippen LogP contribution in [0.2, 0.25) is 0 Å². The van der Waals surface area contributed by atoms with Crippen molar-refractivity contribution in [2.24, 2.45) is 0 Å². The molecule has 0 bridgehead atoms. The van der Waals surface area contributed by atoms with Crippen molar-refractivity contribution in [2.75, 3.05) is 0 Å². The van der Waals surface area contributed by atoms with E-state index in [0.717, 1.165) is 8.58 Å². The molecule has 0 heterocycles. The minimum atomic E-state index is 0.777. The molecule has 0 saturated heterocycles. The van der Waals surface area contributed by atoms with Gasteiger partial charge in [-0.2, -0.15) is 0 Å². The first kappa shape index (κ1) is 15.1. The maximum atomic E-state index is 2.17. The summed E-state index contributed by atoms with van der Waals surface area (Å²) in [5.41, 5.74) is 0. The van der Waals surface area contributed by atoms with Gasteiger partial charge in [-0.05, 0) is 10.6 Å². The maximum Gasteiger partial charge on any atom is -0.0226 e. The van der Waals surface area contributed by atoms with Gasteiger partial charge in [0.15, 0.2) is 0 Å². The van der Waals surface area contributed by atoms with E-state index in [0.29, 0.717) is 0 Å². The third-order valence-corrected chi connectivity index (χ3v) is 4.02. The molecule has 0 unspecified atom stereocenters. The quantitative estimate of drug-likeness (QED) is 0.496. The van der Waals surface area contributed by atoms with Crippen molar-refractivity contribution in [3.05, 3.63) is 91.0 Å². The van der Waals surface area contributed by atoms with Crippen LogP contribution in [0, 0.1) is 0 Å². The Kier molecular flexibility index (Phi) is 6.62. The van der Waals surface area contributed by atoms with E-state index in [4.69, 9.17) is 0 Å². The van der Waals surface area contributed by atoms with Crippen LogP contribution in [-0.2, 0) is 0 Å². The molecule has 0 radical (unpaired) electrons. The molecule has 0 amide bonds. The molecule has 94 valence electrons. The summed E-state index contributed by atoms with van der Waals surface area (Å²) >= 11 is 2.08. The van der Waals surface area contributed by atoms with E-state index in [9.17, 15) is 0 Å². The van der Waals surface area contributed by atoms with Gasteiger partial charge in [-0.15, -0.1) is 0 Å². The molecule has 0 aromatic heterocycles. The van der Waals surface area contributed by atoms with Crippen LogP contribution < -0.4 is 14.8 Å². The first-order valence-corrected chi connectivity index (χ1v) is 7.73. The molecule has 0 fully saturated rings. The van der Waals surface area contributed by atoms with E-state index in [1.807, 2.05) is 18.2 Å². The van der Waals surface area contributed by atoms with Gasteiger partial charge in [-0.1, -0.05) is 69.2 Å². The van der Waals surface area contributed by atoms with Crippen LogP contribution in [0.5, 0.6) is 0 Å². The van der Waals surface area contributed by atoms with Gasteiger partial charge in [0.05, 0.1) is 0 Å². The molecule has 3 rings (SSSR count). The Bertz CT molecular complexity index is 557. The van der Waals surface area contributed by atoms with Crippen LogP contribution in [0.1, 0.15) is 0 Å². The molecular formula is C18H16LiP. The van der Waals surface area contributed by atoms with Crippen molar-refractivity contribution in [3.8, 4) is 0 Å². The van der Waals surface area contributed by atoms with Crippen molar-refractivity contribution < 1.29 is 0 Å². The summed E-state index contributed by atoms with van der Waals surface area (Å²) in [4.78, 5) is 0. The topological polar surface area (TPSA) is 0 Å². The van der Waals surface area contributed by atoms with E-state index >= 15 is 0 Å². The number of rotatable bonds is 2. The largest absolute Gasteiger partial charge is 0.0622 e. The standard InChI is InChI=1S/C12H11P.C6H5.Li/c1-3-7-11(8-4-1)13-12-9-5-2-6-10-12;1-2-4-6-5-3-1;/h1-10,13H;1-5H;. The second kappa shape index (κ2) is 8.78. The summed E-state index contributed by atoms with van der Waals surface area (Å²) in [6.07, 6.45) is 0. The molecule has 0 nitrogen and oxygen atoms in total. The van der Waals surface area contributed by atoms with Gasteiger partial charge in [-0.3, -0.25) is 0 Å². The molecule has 0 aliphatic rings. The van der Waals surface area contributed by atoms with Gasteiger partial charge in [0.25, 0.3) is 0 Å². The van der Waals surface area contributed by atoms with Crippen molar-refractivity contribution in [1.82, 2.24) is 0 Å². The Labute approximate surface area is 132 Å². The zero-order chi connectivity index (χ0) is 14.0. The number of hydrogen-bond acceptors (Lipinski definition) is 0. The van der Waals surface area contributed by atoms with Crippen LogP contribution in [0.25, 0.3) is 0 Å². The van der Waals surface area contributed by atoms with Gasteiger partial charge in [-0.25, -0.2) is 0 Å². The van der Waals surface area contributed by atoms with E-state index in [1.54, 1.807) is 0 Å². The van der Waals surface area contributed by atoms with Crippen LogP contribution in [0.15, 0.2) is 91.0 Å². The Hall–Kier alpha value is -1.31. The fourth-order valence-corrected chi connectivity index (χ4v) is 2.80. The summed E-state index contributed by atoms with van der Waals surface area (Å²) in [6, 6.07) is 31.4. The van der Waals surface area contributed by atoms with Crippen LogP contribution in [0.3, 0.4) is 0 Å². The molecule has 0 aliphatic carbocycles. The summed E-state index contributed by atoms with van der Waals surface area (Å²) in [5.74, 6) is 0. The van der Waals surface area contributed by atoms with Gasteiger partial charge in [0.1, 0.15) is 0 Å². The normalized spacial score (nSPS) is 9.50. The minimum absolute atomic E-state index is 0.777. The molecule has 0 saturated carbocycles. The molecule has 2 heteroatoms. The molecule has 3 aromatic rings. The summed E-state index contributed by atoms with van der Waals surface area (Å²) in [6.45, 7) is 0. The zero-order valence-corrected chi connectivity index (χ0v) is 12.7. The molecule has 0 N–H and O–H groups in total. The van der Waals surface area contributed by atoms with Crippen LogP contribution in [0.4, 0.5) is 0 Å². The predicted molar refractivity (Wildman–Crippen MR) is 92.3 cm³/mol. The average molecular weight is 270 g/mol. The Morgan fingerprint density at radius 3 is 1.15 bits per heavy atom. The first-order chi connectivity index (χ1) is 9.84. The average Bonchev–Trinajstić information content (AvgIpc) is 2.51. The van der Waals surface area contributed by atoms with Crippen molar-refractivity contribution in [2.45, 2.75) is 0 Å². The van der Waals surface area contributed by atoms with Crippen molar-refractivity contribution in [3.63, 3.8) is 0 Å². The fraction of sp³-hybridized carbons (Fsp3) is 0. The first-order valence-electron chi connectivity index (χ1n) is 6.73. The maximum absolute atomic E-state index is 2.17. The predicted octanol–water partition coefficient (Wildman–Crippen LogP) is 2.80. The van der Waals surface area contributed by atoms with E-state index in [-0.39, 0.29) is 0 Å². The monoisotopic (exact) mass is 270 g/mol. The summed E-state index contributed by atoms with van der Waals surface area (Å²) in [7, 11) is 0.777. The fourth-order valence-electron chi connectivity index (χ4n) is 1.74. The van der Waals surface area contributed by atoms with Gasteiger partial charge >= 0.3 is 52.3 Å². The molecular weight excluding hydrogens is 254 g/mol. The second-order valence-electron chi connectivity index (χ2n) is 4.51. The van der Waals surface area contributed by atoms with Crippen molar-refractivity contribution in [1.29, 1.82) is 0 Å². The number of benzene rings is 3. The summed E-state index contributed by atoms with van der Waals surface area (Å²) < 4.78 is 1.32. The summed E-state index contributed by atoms with van der Waals surface area (Å²) in [5, 5.41) is 2.79. The Balaban J connectivity index is 0.000000178. The van der Waals surface area contributed by atoms with Crippen LogP contribution in [-0.4, -0.2) is 17.7 Å². The SMILES string of the molecule is [Li][c]1ccccc1.c1ccc(Pc2ccccc2)cc1. The van der Waals surface area contributed by atoms with Crippen molar-refractivity contribution >= 4 is 41.1 Å². The van der Waals surface area contributed by atoms with Gasteiger partial charge in [0, 0.05) is 0 Å². The van der Waals surface area contributed by atoms with E-state index < -0.39 is 0 Å². The molecule has 3 aromatic carbocycles. The molecule has 0 aliphatic heterocycles. The third kappa shape index (κ3) is 5.77. The zero-order valence-electron chi connectivity index (χ0n) is 11.7. The Morgan fingerprint density at radius 1 is 0.500 bits per heavy atom. The van der Waals surface area contributed by atoms with Crippen LogP contribution >= 0.6 is 8.58 Å². The second-order valence-corrected chi connectivity index (χ2v) is 5.92. The third-order valence-electron chi connectivity index (χ3n) is 2.78. The van der Waals surface area contributed by atoms with Gasteiger partial charge < -0.3 is 0 Å². The van der Waals surface area contributed by atoms with Gasteiger partial charge in [0.2, 0.25) is 0 Å². The molecule has 0 spiro atoms.